The molecule has 2 heterocycles. The van der Waals surface area contributed by atoms with Crippen molar-refractivity contribution in [1.29, 1.82) is 0 Å². The van der Waals surface area contributed by atoms with E-state index in [1.807, 2.05) is 6.07 Å². The third kappa shape index (κ3) is 2.12. The summed E-state index contributed by atoms with van der Waals surface area (Å²) in [6.45, 7) is 4.65. The fourth-order valence-electron chi connectivity index (χ4n) is 3.15. The summed E-state index contributed by atoms with van der Waals surface area (Å²) >= 11 is 0. The number of benzene rings is 2. The second-order valence-electron chi connectivity index (χ2n) is 5.93. The smallest absolute Gasteiger partial charge is 0.240 e. The first-order valence-electron chi connectivity index (χ1n) is 7.74. The minimum absolute atomic E-state index is 0.252. The zero-order valence-electron chi connectivity index (χ0n) is 13.2. The van der Waals surface area contributed by atoms with Crippen LogP contribution in [-0.2, 0) is 6.54 Å². The maximum absolute atomic E-state index is 5.54. The van der Waals surface area contributed by atoms with E-state index in [1.165, 1.54) is 21.8 Å². The van der Waals surface area contributed by atoms with Gasteiger partial charge in [-0.25, -0.2) is 0 Å². The van der Waals surface area contributed by atoms with E-state index in [1.54, 1.807) is 0 Å². The molecule has 4 aromatic rings. The summed E-state index contributed by atoms with van der Waals surface area (Å²) in [4.78, 5) is 4.32. The molecule has 0 saturated carbocycles. The molecule has 2 aromatic heterocycles. The van der Waals surface area contributed by atoms with Gasteiger partial charge in [0.25, 0.3) is 0 Å². The lowest BCUT2D eigenvalue weighted by molar-refractivity contribution is 0.380. The fraction of sp³-hybridized carbons (Fsp3) is 0.222. The number of nitrogens with two attached hydrogens (primary N) is 1. The molecule has 0 aliphatic heterocycles. The first-order chi connectivity index (χ1) is 11.2. The van der Waals surface area contributed by atoms with Crippen LogP contribution in [0.2, 0.25) is 0 Å². The van der Waals surface area contributed by atoms with E-state index in [-0.39, 0.29) is 6.54 Å². The predicted octanol–water partition coefficient (Wildman–Crippen LogP) is 3.88. The third-order valence-corrected chi connectivity index (χ3v) is 4.13. The van der Waals surface area contributed by atoms with Crippen molar-refractivity contribution in [2.75, 3.05) is 0 Å². The maximum atomic E-state index is 5.54. The Morgan fingerprint density at radius 1 is 1.09 bits per heavy atom. The Bertz CT molecular complexity index is 997. The van der Waals surface area contributed by atoms with Gasteiger partial charge in [0.1, 0.15) is 0 Å². The molecule has 116 valence electrons. The Kier molecular flexibility index (Phi) is 3.16. The second-order valence-corrected chi connectivity index (χ2v) is 5.93. The van der Waals surface area contributed by atoms with Crippen molar-refractivity contribution in [2.45, 2.75) is 26.4 Å². The quantitative estimate of drug-likeness (QED) is 0.623. The fourth-order valence-corrected chi connectivity index (χ4v) is 3.15. The van der Waals surface area contributed by atoms with Crippen molar-refractivity contribution in [2.24, 2.45) is 5.73 Å². The highest BCUT2D eigenvalue weighted by Gasteiger charge is 2.15. The molecule has 5 nitrogen and oxygen atoms in total. The van der Waals surface area contributed by atoms with Crippen LogP contribution < -0.4 is 5.73 Å². The van der Waals surface area contributed by atoms with Crippen LogP contribution in [0.1, 0.15) is 25.8 Å². The van der Waals surface area contributed by atoms with E-state index in [4.69, 9.17) is 10.3 Å². The highest BCUT2D eigenvalue weighted by molar-refractivity contribution is 6.09. The van der Waals surface area contributed by atoms with E-state index in [2.05, 4.69) is 65.0 Å². The Morgan fingerprint density at radius 2 is 1.87 bits per heavy atom. The zero-order chi connectivity index (χ0) is 16.0. The topological polar surface area (TPSA) is 69.9 Å². The molecule has 0 amide bonds. The van der Waals surface area contributed by atoms with Gasteiger partial charge in [-0.05, 0) is 38.1 Å². The molecule has 0 radical (unpaired) electrons. The summed E-state index contributed by atoms with van der Waals surface area (Å²) < 4.78 is 7.48. The minimum atomic E-state index is 0.252. The number of para-hydroxylation sites is 1. The first kappa shape index (κ1) is 14.0. The van der Waals surface area contributed by atoms with Crippen molar-refractivity contribution in [3.05, 3.63) is 48.4 Å². The van der Waals surface area contributed by atoms with Gasteiger partial charge < -0.3 is 14.8 Å². The van der Waals surface area contributed by atoms with E-state index in [9.17, 15) is 0 Å². The SMILES string of the molecule is CC(C)n1c2ccccc2c2cc(-c3noc(CN)n3)ccc21. The summed E-state index contributed by atoms with van der Waals surface area (Å²) in [6.07, 6.45) is 0. The molecule has 0 aliphatic carbocycles. The molecule has 0 unspecified atom stereocenters. The van der Waals surface area contributed by atoms with Crippen LogP contribution in [0.15, 0.2) is 47.0 Å². The van der Waals surface area contributed by atoms with Crippen LogP contribution in [0.4, 0.5) is 0 Å². The van der Waals surface area contributed by atoms with Gasteiger partial charge in [-0.2, -0.15) is 4.98 Å². The molecule has 0 aliphatic rings. The standard InChI is InChI=1S/C18H18N4O/c1-11(2)22-15-6-4-3-5-13(15)14-9-12(7-8-16(14)22)18-20-17(10-19)23-21-18/h3-9,11H,10,19H2,1-2H3. The monoisotopic (exact) mass is 306 g/mol. The Hall–Kier alpha value is -2.66. The second kappa shape index (κ2) is 5.21. The predicted molar refractivity (Wildman–Crippen MR) is 91.0 cm³/mol. The highest BCUT2D eigenvalue weighted by atomic mass is 16.5. The van der Waals surface area contributed by atoms with Crippen LogP contribution in [-0.4, -0.2) is 14.7 Å². The number of nitrogens with zero attached hydrogens (tertiary/aromatic N) is 3. The van der Waals surface area contributed by atoms with Gasteiger partial charge in [-0.1, -0.05) is 23.4 Å². The Balaban J connectivity index is 2.00. The molecule has 23 heavy (non-hydrogen) atoms. The molecule has 0 fully saturated rings. The molecule has 2 N–H and O–H groups in total. The lowest BCUT2D eigenvalue weighted by Crippen LogP contribution is -1.99. The van der Waals surface area contributed by atoms with Crippen molar-refractivity contribution >= 4 is 21.8 Å². The Morgan fingerprint density at radius 3 is 2.61 bits per heavy atom. The van der Waals surface area contributed by atoms with E-state index >= 15 is 0 Å². The van der Waals surface area contributed by atoms with Crippen molar-refractivity contribution in [1.82, 2.24) is 14.7 Å². The lowest BCUT2D eigenvalue weighted by atomic mass is 10.1. The number of hydrogen-bond donors (Lipinski definition) is 1. The molecule has 2 aromatic carbocycles. The van der Waals surface area contributed by atoms with Crippen LogP contribution in [0.5, 0.6) is 0 Å². The van der Waals surface area contributed by atoms with Gasteiger partial charge in [0.15, 0.2) is 0 Å². The zero-order valence-corrected chi connectivity index (χ0v) is 13.2. The molecular formula is C18H18N4O. The minimum Gasteiger partial charge on any atom is -0.338 e. The van der Waals surface area contributed by atoms with E-state index < -0.39 is 0 Å². The average molecular weight is 306 g/mol. The van der Waals surface area contributed by atoms with Gasteiger partial charge in [0.2, 0.25) is 11.7 Å². The molecule has 0 spiro atoms. The van der Waals surface area contributed by atoms with Crippen molar-refractivity contribution in [3.8, 4) is 11.4 Å². The van der Waals surface area contributed by atoms with Crippen LogP contribution in [0, 0.1) is 0 Å². The third-order valence-electron chi connectivity index (χ3n) is 4.13. The summed E-state index contributed by atoms with van der Waals surface area (Å²) in [5.41, 5.74) is 8.94. The highest BCUT2D eigenvalue weighted by Crippen LogP contribution is 2.33. The van der Waals surface area contributed by atoms with Crippen LogP contribution >= 0.6 is 0 Å². The average Bonchev–Trinajstić information content (AvgIpc) is 3.16. The summed E-state index contributed by atoms with van der Waals surface area (Å²) in [5, 5.41) is 6.45. The van der Waals surface area contributed by atoms with Gasteiger partial charge in [-0.15, -0.1) is 0 Å². The molecule has 0 saturated heterocycles. The number of fused-ring (bicyclic) bond motifs is 3. The number of hydrogen-bond acceptors (Lipinski definition) is 4. The van der Waals surface area contributed by atoms with Gasteiger partial charge in [0.05, 0.1) is 6.54 Å². The first-order valence-corrected chi connectivity index (χ1v) is 7.74. The largest absolute Gasteiger partial charge is 0.338 e. The summed E-state index contributed by atoms with van der Waals surface area (Å²) in [6, 6.07) is 15.1. The van der Waals surface area contributed by atoms with Gasteiger partial charge in [-0.3, -0.25) is 0 Å². The van der Waals surface area contributed by atoms with Crippen molar-refractivity contribution in [3.63, 3.8) is 0 Å². The van der Waals surface area contributed by atoms with Crippen LogP contribution in [0.25, 0.3) is 33.2 Å². The number of aromatic nitrogens is 3. The summed E-state index contributed by atoms with van der Waals surface area (Å²) in [7, 11) is 0. The normalized spacial score (nSPS) is 11.8. The Labute approximate surface area is 133 Å². The van der Waals surface area contributed by atoms with Crippen molar-refractivity contribution < 1.29 is 4.52 Å². The van der Waals surface area contributed by atoms with E-state index in [0.29, 0.717) is 17.8 Å². The van der Waals surface area contributed by atoms with E-state index in [0.717, 1.165) is 5.56 Å². The van der Waals surface area contributed by atoms with Crippen LogP contribution in [0.3, 0.4) is 0 Å². The molecule has 4 rings (SSSR count). The molecule has 5 heteroatoms. The molecule has 0 bridgehead atoms. The molecule has 0 atom stereocenters. The number of rotatable bonds is 3. The summed E-state index contributed by atoms with van der Waals surface area (Å²) in [5.74, 6) is 1.03. The van der Waals surface area contributed by atoms with Gasteiger partial charge in [0, 0.05) is 33.4 Å². The van der Waals surface area contributed by atoms with Gasteiger partial charge >= 0.3 is 0 Å². The molecular weight excluding hydrogens is 288 g/mol. The maximum Gasteiger partial charge on any atom is 0.240 e. The lowest BCUT2D eigenvalue weighted by Gasteiger charge is -2.11.